The minimum Gasteiger partial charge on any atom is -0.482 e. The van der Waals surface area contributed by atoms with Crippen LogP contribution in [-0.4, -0.2) is 9.97 Å². The van der Waals surface area contributed by atoms with Crippen molar-refractivity contribution in [3.05, 3.63) is 72.2 Å². The largest absolute Gasteiger partial charge is 0.482 e. The maximum Gasteiger partial charge on any atom is 0.159 e. The van der Waals surface area contributed by atoms with Crippen molar-refractivity contribution < 1.29 is 4.74 Å². The fraction of sp³-hybridized carbons (Fsp3) is 0.211. The van der Waals surface area contributed by atoms with Gasteiger partial charge in [0.2, 0.25) is 0 Å². The predicted octanol–water partition coefficient (Wildman–Crippen LogP) is 4.19. The first kappa shape index (κ1) is 13.1. The Hall–Kier alpha value is -2.55. The number of aromatic nitrogens is 2. The number of nitrogens with one attached hydrogen (secondary N) is 1. The highest BCUT2D eigenvalue weighted by molar-refractivity contribution is 5.58. The number of imidazole rings is 1. The number of fused-ring (bicyclic) bond motifs is 1. The van der Waals surface area contributed by atoms with E-state index in [1.165, 1.54) is 5.56 Å². The van der Waals surface area contributed by atoms with Crippen molar-refractivity contribution in [1.82, 2.24) is 9.97 Å². The molecule has 2 unspecified atom stereocenters. The van der Waals surface area contributed by atoms with E-state index in [9.17, 15) is 0 Å². The van der Waals surface area contributed by atoms with E-state index in [4.69, 9.17) is 4.74 Å². The summed E-state index contributed by atoms with van der Waals surface area (Å²) in [6.07, 6.45) is 2.84. The Morgan fingerprint density at radius 1 is 1.23 bits per heavy atom. The molecular formula is C19H17N2O. The molecule has 2 atom stereocenters. The van der Waals surface area contributed by atoms with Gasteiger partial charge in [0.25, 0.3) is 0 Å². The van der Waals surface area contributed by atoms with Gasteiger partial charge in [-0.1, -0.05) is 49.4 Å². The van der Waals surface area contributed by atoms with Crippen LogP contribution in [0.1, 0.15) is 24.4 Å². The summed E-state index contributed by atoms with van der Waals surface area (Å²) in [6, 6.07) is 19.2. The van der Waals surface area contributed by atoms with Gasteiger partial charge >= 0.3 is 0 Å². The Bertz CT molecular complexity index is 779. The van der Waals surface area contributed by atoms with Crippen LogP contribution in [0.2, 0.25) is 0 Å². The number of benzene rings is 2. The average molecular weight is 289 g/mol. The van der Waals surface area contributed by atoms with Crippen molar-refractivity contribution in [2.75, 3.05) is 0 Å². The number of rotatable bonds is 2. The number of ether oxygens (including phenoxy) is 1. The SMILES string of the molecule is CC1Cc2cc[c]cc2OC1c1ncc(-c2ccccc2)[nH]1. The van der Waals surface area contributed by atoms with Gasteiger partial charge in [0.1, 0.15) is 11.6 Å². The molecule has 22 heavy (non-hydrogen) atoms. The lowest BCUT2D eigenvalue weighted by atomic mass is 9.92. The summed E-state index contributed by atoms with van der Waals surface area (Å²) >= 11 is 0. The maximum atomic E-state index is 6.15. The Morgan fingerprint density at radius 2 is 2.09 bits per heavy atom. The summed E-state index contributed by atoms with van der Waals surface area (Å²) in [6.45, 7) is 2.20. The highest BCUT2D eigenvalue weighted by Crippen LogP contribution is 2.37. The van der Waals surface area contributed by atoms with Gasteiger partial charge in [-0.2, -0.15) is 0 Å². The lowest BCUT2D eigenvalue weighted by molar-refractivity contribution is 0.116. The van der Waals surface area contributed by atoms with E-state index in [0.717, 1.165) is 29.3 Å². The molecule has 109 valence electrons. The molecule has 0 amide bonds. The lowest BCUT2D eigenvalue weighted by Gasteiger charge is -2.30. The predicted molar refractivity (Wildman–Crippen MR) is 85.5 cm³/mol. The topological polar surface area (TPSA) is 37.9 Å². The van der Waals surface area contributed by atoms with Crippen LogP contribution in [0.3, 0.4) is 0 Å². The zero-order valence-corrected chi connectivity index (χ0v) is 12.4. The van der Waals surface area contributed by atoms with E-state index in [1.54, 1.807) is 0 Å². The van der Waals surface area contributed by atoms with Crippen molar-refractivity contribution in [3.63, 3.8) is 0 Å². The van der Waals surface area contributed by atoms with E-state index in [1.807, 2.05) is 36.5 Å². The quantitative estimate of drug-likeness (QED) is 0.768. The van der Waals surface area contributed by atoms with E-state index in [-0.39, 0.29) is 6.10 Å². The first-order valence-corrected chi connectivity index (χ1v) is 7.57. The molecule has 0 saturated carbocycles. The highest BCUT2D eigenvalue weighted by Gasteiger charge is 2.30. The normalized spacial score (nSPS) is 20.2. The minimum atomic E-state index is -0.0410. The molecule has 1 aliphatic heterocycles. The third-order valence-corrected chi connectivity index (χ3v) is 4.17. The molecular weight excluding hydrogens is 272 g/mol. The smallest absolute Gasteiger partial charge is 0.159 e. The Balaban J connectivity index is 1.64. The first-order valence-electron chi connectivity index (χ1n) is 7.57. The molecule has 0 aliphatic carbocycles. The molecule has 0 saturated heterocycles. The third kappa shape index (κ3) is 2.29. The molecule has 3 heteroatoms. The molecule has 1 N–H and O–H groups in total. The summed E-state index contributed by atoms with van der Waals surface area (Å²) in [4.78, 5) is 7.96. The van der Waals surface area contributed by atoms with Gasteiger partial charge in [-0.05, 0) is 29.7 Å². The van der Waals surface area contributed by atoms with Crippen molar-refractivity contribution in [2.45, 2.75) is 19.4 Å². The fourth-order valence-electron chi connectivity index (χ4n) is 3.00. The highest BCUT2D eigenvalue weighted by atomic mass is 16.5. The molecule has 1 radical (unpaired) electrons. The second-order valence-corrected chi connectivity index (χ2v) is 5.80. The van der Waals surface area contributed by atoms with Crippen molar-refractivity contribution >= 4 is 0 Å². The molecule has 1 aromatic heterocycles. The van der Waals surface area contributed by atoms with Crippen LogP contribution in [0, 0.1) is 12.0 Å². The third-order valence-electron chi connectivity index (χ3n) is 4.17. The fourth-order valence-corrected chi connectivity index (χ4v) is 3.00. The van der Waals surface area contributed by atoms with E-state index >= 15 is 0 Å². The van der Waals surface area contributed by atoms with Gasteiger partial charge < -0.3 is 9.72 Å². The molecule has 0 fully saturated rings. The number of aromatic amines is 1. The molecule has 1 aliphatic rings. The van der Waals surface area contributed by atoms with Crippen LogP contribution >= 0.6 is 0 Å². The van der Waals surface area contributed by atoms with Crippen molar-refractivity contribution in [2.24, 2.45) is 5.92 Å². The van der Waals surface area contributed by atoms with E-state index in [2.05, 4.69) is 41.2 Å². The Morgan fingerprint density at radius 3 is 2.95 bits per heavy atom. The van der Waals surface area contributed by atoms with Crippen LogP contribution in [0.5, 0.6) is 5.75 Å². The molecule has 2 heterocycles. The standard InChI is InChI=1S/C19H17N2O/c1-13-11-15-9-5-6-10-17(15)22-18(13)19-20-12-16(21-19)14-7-3-2-4-8-14/h2-5,7-10,12-13,18H,11H2,1H3,(H,20,21). The van der Waals surface area contributed by atoms with Gasteiger partial charge in [-0.3, -0.25) is 0 Å². The van der Waals surface area contributed by atoms with Gasteiger partial charge in [0, 0.05) is 5.92 Å². The second kappa shape index (κ2) is 5.34. The lowest BCUT2D eigenvalue weighted by Crippen LogP contribution is -2.24. The number of nitrogens with zero attached hydrogens (tertiary/aromatic N) is 1. The maximum absolute atomic E-state index is 6.15. The second-order valence-electron chi connectivity index (χ2n) is 5.80. The molecule has 4 rings (SSSR count). The minimum absolute atomic E-state index is 0.0410. The summed E-state index contributed by atoms with van der Waals surface area (Å²) in [5.41, 5.74) is 3.41. The van der Waals surface area contributed by atoms with Crippen LogP contribution in [-0.2, 0) is 6.42 Å². The van der Waals surface area contributed by atoms with Crippen molar-refractivity contribution in [1.29, 1.82) is 0 Å². The van der Waals surface area contributed by atoms with Gasteiger partial charge in [-0.15, -0.1) is 0 Å². The van der Waals surface area contributed by atoms with Crippen molar-refractivity contribution in [3.8, 4) is 17.0 Å². The number of hydrogen-bond donors (Lipinski definition) is 1. The zero-order chi connectivity index (χ0) is 14.9. The van der Waals surface area contributed by atoms with Crippen LogP contribution < -0.4 is 4.74 Å². The monoisotopic (exact) mass is 289 g/mol. The molecule has 3 nitrogen and oxygen atoms in total. The summed E-state index contributed by atoms with van der Waals surface area (Å²) in [5.74, 6) is 2.19. The number of H-pyrrole nitrogens is 1. The van der Waals surface area contributed by atoms with Crippen LogP contribution in [0.25, 0.3) is 11.3 Å². The molecule has 3 aromatic rings. The van der Waals surface area contributed by atoms with Gasteiger partial charge in [0.05, 0.1) is 11.9 Å². The van der Waals surface area contributed by atoms with E-state index in [0.29, 0.717) is 5.92 Å². The average Bonchev–Trinajstić information content (AvgIpc) is 3.05. The van der Waals surface area contributed by atoms with E-state index < -0.39 is 0 Å². The molecule has 0 spiro atoms. The number of hydrogen-bond acceptors (Lipinski definition) is 2. The van der Waals surface area contributed by atoms with Crippen LogP contribution in [0.15, 0.2) is 54.7 Å². The first-order chi connectivity index (χ1) is 10.8. The Labute approximate surface area is 130 Å². The van der Waals surface area contributed by atoms with Gasteiger partial charge in [0.15, 0.2) is 6.10 Å². The Kier molecular flexibility index (Phi) is 3.19. The van der Waals surface area contributed by atoms with Gasteiger partial charge in [-0.25, -0.2) is 4.98 Å². The van der Waals surface area contributed by atoms with Crippen LogP contribution in [0.4, 0.5) is 0 Å². The summed E-state index contributed by atoms with van der Waals surface area (Å²) < 4.78 is 6.15. The summed E-state index contributed by atoms with van der Waals surface area (Å²) in [5, 5.41) is 0. The molecule has 0 bridgehead atoms. The summed E-state index contributed by atoms with van der Waals surface area (Å²) in [7, 11) is 0. The zero-order valence-electron chi connectivity index (χ0n) is 12.4. The molecule has 2 aromatic carbocycles.